The van der Waals surface area contributed by atoms with Gasteiger partial charge in [-0.2, -0.15) is 0 Å². The van der Waals surface area contributed by atoms with Crippen LogP contribution < -0.4 is 20.4 Å². The van der Waals surface area contributed by atoms with Crippen LogP contribution in [-0.4, -0.2) is 47.9 Å². The minimum atomic E-state index is -0.229. The van der Waals surface area contributed by atoms with Crippen molar-refractivity contribution in [2.24, 2.45) is 0 Å². The van der Waals surface area contributed by atoms with Crippen molar-refractivity contribution in [2.45, 2.75) is 76.4 Å². The normalized spacial score (nSPS) is 19.4. The summed E-state index contributed by atoms with van der Waals surface area (Å²) in [6.07, 6.45) is 12.4. The molecule has 2 heterocycles. The quantitative estimate of drug-likeness (QED) is 0.578. The SMILES string of the molecule is CC(NC(=O)c1ccc2c(c1)N(C(=O)CNC1CCCCCC1)CC(=O)N2C1CC1)c1cccnc1. The number of nitrogens with zero attached hydrogens (tertiary/aromatic N) is 3. The lowest BCUT2D eigenvalue weighted by Crippen LogP contribution is -2.51. The second-order valence-corrected chi connectivity index (χ2v) is 10.2. The number of aromatic nitrogens is 1. The standard InChI is InChI=1S/C28H35N5O3/c1-19(21-7-6-14-29-16-21)31-28(36)20-10-13-24-25(15-20)32(18-27(35)33(24)23-11-12-23)26(34)17-30-22-8-4-2-3-5-9-22/h6-7,10,13-16,19,22-23,30H,2-5,8-9,11-12,17-18H2,1H3,(H,31,36). The van der Waals surface area contributed by atoms with Crippen molar-refractivity contribution in [3.8, 4) is 0 Å². The molecule has 0 saturated heterocycles. The first-order valence-corrected chi connectivity index (χ1v) is 13.2. The van der Waals surface area contributed by atoms with E-state index in [0.717, 1.165) is 31.2 Å². The zero-order chi connectivity index (χ0) is 25.1. The Morgan fingerprint density at radius 3 is 2.53 bits per heavy atom. The first-order valence-electron chi connectivity index (χ1n) is 13.2. The van der Waals surface area contributed by atoms with Crippen molar-refractivity contribution in [3.63, 3.8) is 0 Å². The van der Waals surface area contributed by atoms with Gasteiger partial charge in [-0.05, 0) is 62.4 Å². The summed E-state index contributed by atoms with van der Waals surface area (Å²) >= 11 is 0. The number of hydrogen-bond acceptors (Lipinski definition) is 5. The molecule has 3 aliphatic rings. The molecule has 2 fully saturated rings. The average Bonchev–Trinajstić information content (AvgIpc) is 3.75. The molecule has 1 aliphatic heterocycles. The number of carbonyl (C=O) groups excluding carboxylic acids is 3. The van der Waals surface area contributed by atoms with Gasteiger partial charge in [-0.15, -0.1) is 0 Å². The van der Waals surface area contributed by atoms with Crippen molar-refractivity contribution in [3.05, 3.63) is 53.9 Å². The van der Waals surface area contributed by atoms with E-state index in [9.17, 15) is 14.4 Å². The maximum absolute atomic E-state index is 13.4. The van der Waals surface area contributed by atoms with Crippen LogP contribution in [0.15, 0.2) is 42.7 Å². The molecule has 8 heteroatoms. The van der Waals surface area contributed by atoms with Gasteiger partial charge in [-0.1, -0.05) is 31.7 Å². The fraction of sp³-hybridized carbons (Fsp3) is 0.500. The topological polar surface area (TPSA) is 94.6 Å². The number of fused-ring (bicyclic) bond motifs is 1. The molecule has 5 rings (SSSR count). The summed E-state index contributed by atoms with van der Waals surface area (Å²) in [5, 5.41) is 6.45. The third-order valence-electron chi connectivity index (χ3n) is 7.49. The van der Waals surface area contributed by atoms with Gasteiger partial charge < -0.3 is 15.5 Å². The summed E-state index contributed by atoms with van der Waals surface area (Å²) in [5.74, 6) is -0.422. The van der Waals surface area contributed by atoms with Crippen LogP contribution in [0, 0.1) is 0 Å². The fourth-order valence-electron chi connectivity index (χ4n) is 5.28. The Kier molecular flexibility index (Phi) is 7.32. The molecular formula is C28H35N5O3. The number of rotatable bonds is 7. The zero-order valence-electron chi connectivity index (χ0n) is 20.9. The van der Waals surface area contributed by atoms with Crippen LogP contribution in [0.4, 0.5) is 11.4 Å². The fourth-order valence-corrected chi connectivity index (χ4v) is 5.28. The van der Waals surface area contributed by atoms with Gasteiger partial charge in [0.25, 0.3) is 5.91 Å². The highest BCUT2D eigenvalue weighted by Gasteiger charge is 2.40. The van der Waals surface area contributed by atoms with E-state index in [4.69, 9.17) is 0 Å². The maximum Gasteiger partial charge on any atom is 0.251 e. The molecule has 2 saturated carbocycles. The predicted molar refractivity (Wildman–Crippen MR) is 139 cm³/mol. The number of carbonyl (C=O) groups is 3. The molecule has 2 aromatic rings. The van der Waals surface area contributed by atoms with Gasteiger partial charge in [0.05, 0.1) is 24.0 Å². The second kappa shape index (κ2) is 10.8. The van der Waals surface area contributed by atoms with Crippen LogP contribution in [0.3, 0.4) is 0 Å². The number of amides is 3. The lowest BCUT2D eigenvalue weighted by molar-refractivity contribution is -0.122. The molecule has 1 aromatic carbocycles. The summed E-state index contributed by atoms with van der Waals surface area (Å²) < 4.78 is 0. The molecular weight excluding hydrogens is 454 g/mol. The van der Waals surface area contributed by atoms with Gasteiger partial charge in [-0.3, -0.25) is 24.3 Å². The zero-order valence-corrected chi connectivity index (χ0v) is 20.9. The third-order valence-corrected chi connectivity index (χ3v) is 7.49. The number of pyridine rings is 1. The number of benzene rings is 1. The Labute approximate surface area is 212 Å². The number of nitrogens with one attached hydrogen (secondary N) is 2. The molecule has 8 nitrogen and oxygen atoms in total. The monoisotopic (exact) mass is 489 g/mol. The van der Waals surface area contributed by atoms with Gasteiger partial charge in [0.2, 0.25) is 11.8 Å². The van der Waals surface area contributed by atoms with Crippen LogP contribution in [0.2, 0.25) is 0 Å². The molecule has 2 aliphatic carbocycles. The summed E-state index contributed by atoms with van der Waals surface area (Å²) in [6, 6.07) is 9.38. The van der Waals surface area contributed by atoms with E-state index in [2.05, 4.69) is 15.6 Å². The van der Waals surface area contributed by atoms with E-state index in [-0.39, 0.29) is 42.9 Å². The lowest BCUT2D eigenvalue weighted by Gasteiger charge is -2.37. The summed E-state index contributed by atoms with van der Waals surface area (Å²) in [7, 11) is 0. The minimum absolute atomic E-state index is 0.00579. The highest BCUT2D eigenvalue weighted by Crippen LogP contribution is 2.41. The molecule has 36 heavy (non-hydrogen) atoms. The number of hydrogen-bond donors (Lipinski definition) is 2. The highest BCUT2D eigenvalue weighted by molar-refractivity contribution is 6.13. The Morgan fingerprint density at radius 1 is 1.06 bits per heavy atom. The van der Waals surface area contributed by atoms with Crippen LogP contribution in [-0.2, 0) is 9.59 Å². The van der Waals surface area contributed by atoms with Gasteiger partial charge in [-0.25, -0.2) is 0 Å². The van der Waals surface area contributed by atoms with Crippen molar-refractivity contribution >= 4 is 29.1 Å². The molecule has 2 N–H and O–H groups in total. The van der Waals surface area contributed by atoms with Crippen molar-refractivity contribution in [2.75, 3.05) is 22.9 Å². The van der Waals surface area contributed by atoms with E-state index < -0.39 is 0 Å². The molecule has 1 unspecified atom stereocenters. The van der Waals surface area contributed by atoms with Crippen LogP contribution in [0.25, 0.3) is 0 Å². The van der Waals surface area contributed by atoms with Crippen LogP contribution >= 0.6 is 0 Å². The van der Waals surface area contributed by atoms with Gasteiger partial charge >= 0.3 is 0 Å². The van der Waals surface area contributed by atoms with E-state index >= 15 is 0 Å². The van der Waals surface area contributed by atoms with E-state index in [1.54, 1.807) is 29.4 Å². The van der Waals surface area contributed by atoms with E-state index in [1.165, 1.54) is 25.7 Å². The molecule has 0 spiro atoms. The third kappa shape index (κ3) is 5.43. The minimum Gasteiger partial charge on any atom is -0.345 e. The first-order chi connectivity index (χ1) is 17.5. The van der Waals surface area contributed by atoms with Gasteiger partial charge in [0.15, 0.2) is 0 Å². The van der Waals surface area contributed by atoms with Gasteiger partial charge in [0, 0.05) is 30.0 Å². The highest BCUT2D eigenvalue weighted by atomic mass is 16.2. The molecule has 0 bridgehead atoms. The molecule has 190 valence electrons. The predicted octanol–water partition coefficient (Wildman–Crippen LogP) is 3.73. The van der Waals surface area contributed by atoms with Gasteiger partial charge in [0.1, 0.15) is 6.54 Å². The van der Waals surface area contributed by atoms with Crippen LogP contribution in [0.5, 0.6) is 0 Å². The molecule has 1 atom stereocenters. The lowest BCUT2D eigenvalue weighted by atomic mass is 10.1. The summed E-state index contributed by atoms with van der Waals surface area (Å²) in [5.41, 5.74) is 2.73. The largest absolute Gasteiger partial charge is 0.345 e. The Balaban J connectivity index is 1.36. The van der Waals surface area contributed by atoms with Crippen molar-refractivity contribution < 1.29 is 14.4 Å². The van der Waals surface area contributed by atoms with Crippen LogP contribution in [0.1, 0.15) is 80.3 Å². The van der Waals surface area contributed by atoms with Crippen molar-refractivity contribution in [1.29, 1.82) is 0 Å². The molecule has 1 aromatic heterocycles. The Bertz CT molecular complexity index is 1110. The van der Waals surface area contributed by atoms with Crippen molar-refractivity contribution in [1.82, 2.24) is 15.6 Å². The smallest absolute Gasteiger partial charge is 0.251 e. The summed E-state index contributed by atoms with van der Waals surface area (Å²) in [6.45, 7) is 2.11. The first kappa shape index (κ1) is 24.4. The van der Waals surface area contributed by atoms with E-state index in [1.807, 2.05) is 30.0 Å². The average molecular weight is 490 g/mol. The maximum atomic E-state index is 13.4. The second-order valence-electron chi connectivity index (χ2n) is 10.2. The van der Waals surface area contributed by atoms with E-state index in [0.29, 0.717) is 23.0 Å². The summed E-state index contributed by atoms with van der Waals surface area (Å²) in [4.78, 5) is 47.0. The Hall–Kier alpha value is -3.26. The molecule has 0 radical (unpaired) electrons. The molecule has 3 amide bonds. The Morgan fingerprint density at radius 2 is 1.83 bits per heavy atom. The number of anilines is 2.